The van der Waals surface area contributed by atoms with Crippen LogP contribution in [0, 0.1) is 0 Å². The number of nitrogens with two attached hydrogens (primary N) is 1. The molecule has 0 saturated heterocycles. The zero-order valence-electron chi connectivity index (χ0n) is 11.2. The SMILES string of the molecule is COc1nc(CN)ccc1-c1ccccc1NC(F)(F)F. The van der Waals surface area contributed by atoms with Gasteiger partial charge in [0.1, 0.15) is 0 Å². The lowest BCUT2D eigenvalue weighted by atomic mass is 10.0. The van der Waals surface area contributed by atoms with Crippen LogP contribution in [-0.2, 0) is 6.54 Å². The molecule has 0 aliphatic rings. The number of aromatic nitrogens is 1. The molecule has 1 aromatic carbocycles. The molecule has 2 aromatic rings. The highest BCUT2D eigenvalue weighted by Gasteiger charge is 2.28. The molecule has 7 heteroatoms. The first-order chi connectivity index (χ1) is 9.94. The summed E-state index contributed by atoms with van der Waals surface area (Å²) in [6, 6.07) is 9.38. The van der Waals surface area contributed by atoms with Crippen molar-refractivity contribution >= 4 is 5.69 Å². The maximum absolute atomic E-state index is 12.6. The molecule has 21 heavy (non-hydrogen) atoms. The molecule has 0 amide bonds. The van der Waals surface area contributed by atoms with Crippen molar-refractivity contribution in [2.24, 2.45) is 5.73 Å². The van der Waals surface area contributed by atoms with Crippen molar-refractivity contribution < 1.29 is 17.9 Å². The molecule has 0 radical (unpaired) electrons. The molecule has 0 aliphatic heterocycles. The van der Waals surface area contributed by atoms with Crippen molar-refractivity contribution in [3.05, 3.63) is 42.1 Å². The van der Waals surface area contributed by atoms with Gasteiger partial charge in [-0.05, 0) is 18.2 Å². The van der Waals surface area contributed by atoms with Gasteiger partial charge in [-0.3, -0.25) is 5.32 Å². The maximum Gasteiger partial charge on any atom is 0.482 e. The number of nitrogens with zero attached hydrogens (tertiary/aromatic N) is 1. The Morgan fingerprint density at radius 3 is 2.48 bits per heavy atom. The molecular weight excluding hydrogens is 283 g/mol. The highest BCUT2D eigenvalue weighted by molar-refractivity contribution is 5.80. The van der Waals surface area contributed by atoms with Gasteiger partial charge in [0.25, 0.3) is 0 Å². The fraction of sp³-hybridized carbons (Fsp3) is 0.214. The fourth-order valence-corrected chi connectivity index (χ4v) is 1.93. The second-order valence-electron chi connectivity index (χ2n) is 4.23. The molecule has 0 unspecified atom stereocenters. The summed E-state index contributed by atoms with van der Waals surface area (Å²) < 4.78 is 42.8. The summed E-state index contributed by atoms with van der Waals surface area (Å²) in [5.74, 6) is 0.231. The highest BCUT2D eigenvalue weighted by atomic mass is 19.4. The summed E-state index contributed by atoms with van der Waals surface area (Å²) in [6.45, 7) is 0.221. The summed E-state index contributed by atoms with van der Waals surface area (Å²) in [5, 5.41) is 1.52. The lowest BCUT2D eigenvalue weighted by molar-refractivity contribution is -0.0999. The summed E-state index contributed by atoms with van der Waals surface area (Å²) >= 11 is 0. The number of nitrogens with one attached hydrogen (secondary N) is 1. The van der Waals surface area contributed by atoms with Gasteiger partial charge in [-0.1, -0.05) is 18.2 Å². The van der Waals surface area contributed by atoms with Gasteiger partial charge in [0.05, 0.1) is 12.8 Å². The summed E-state index contributed by atoms with van der Waals surface area (Å²) in [7, 11) is 1.41. The first-order valence-corrected chi connectivity index (χ1v) is 6.13. The van der Waals surface area contributed by atoms with E-state index in [0.29, 0.717) is 16.8 Å². The molecular formula is C14H14F3N3O. The molecule has 4 nitrogen and oxygen atoms in total. The average Bonchev–Trinajstić information content (AvgIpc) is 2.45. The number of para-hydroxylation sites is 1. The van der Waals surface area contributed by atoms with Crippen LogP contribution in [-0.4, -0.2) is 18.4 Å². The van der Waals surface area contributed by atoms with E-state index in [1.807, 2.05) is 0 Å². The third kappa shape index (κ3) is 3.63. The number of hydrogen-bond donors (Lipinski definition) is 2. The fourth-order valence-electron chi connectivity index (χ4n) is 1.93. The Labute approximate surface area is 119 Å². The number of anilines is 1. The second-order valence-corrected chi connectivity index (χ2v) is 4.23. The maximum atomic E-state index is 12.6. The van der Waals surface area contributed by atoms with Crippen molar-refractivity contribution in [3.63, 3.8) is 0 Å². The third-order valence-corrected chi connectivity index (χ3v) is 2.81. The predicted molar refractivity (Wildman–Crippen MR) is 73.8 cm³/mol. The van der Waals surface area contributed by atoms with E-state index in [4.69, 9.17) is 10.5 Å². The number of rotatable bonds is 4. The second kappa shape index (κ2) is 6.01. The van der Waals surface area contributed by atoms with Crippen LogP contribution in [0.4, 0.5) is 18.9 Å². The lowest BCUT2D eigenvalue weighted by Crippen LogP contribution is -2.21. The number of ether oxygens (including phenoxy) is 1. The summed E-state index contributed by atoms with van der Waals surface area (Å²) in [4.78, 5) is 4.17. The van der Waals surface area contributed by atoms with E-state index in [1.165, 1.54) is 24.6 Å². The van der Waals surface area contributed by atoms with Crippen LogP contribution in [0.3, 0.4) is 0 Å². The van der Waals surface area contributed by atoms with E-state index in [1.54, 1.807) is 24.3 Å². The molecule has 1 heterocycles. The molecule has 0 saturated carbocycles. The van der Waals surface area contributed by atoms with Crippen LogP contribution in [0.2, 0.25) is 0 Å². The van der Waals surface area contributed by atoms with Crippen molar-refractivity contribution in [3.8, 4) is 17.0 Å². The molecule has 2 rings (SSSR count). The Morgan fingerprint density at radius 2 is 1.86 bits per heavy atom. The minimum Gasteiger partial charge on any atom is -0.481 e. The highest BCUT2D eigenvalue weighted by Crippen LogP contribution is 2.35. The quantitative estimate of drug-likeness (QED) is 0.851. The molecule has 0 fully saturated rings. The van der Waals surface area contributed by atoms with Crippen LogP contribution >= 0.6 is 0 Å². The average molecular weight is 297 g/mol. The molecule has 0 bridgehead atoms. The number of pyridine rings is 1. The molecule has 0 aliphatic carbocycles. The van der Waals surface area contributed by atoms with Crippen molar-refractivity contribution in [2.45, 2.75) is 12.8 Å². The third-order valence-electron chi connectivity index (χ3n) is 2.81. The topological polar surface area (TPSA) is 60.2 Å². The van der Waals surface area contributed by atoms with Gasteiger partial charge in [0.2, 0.25) is 5.88 Å². The van der Waals surface area contributed by atoms with Crippen molar-refractivity contribution in [2.75, 3.05) is 12.4 Å². The molecule has 112 valence electrons. The number of halogens is 3. The standard InChI is InChI=1S/C14H14F3N3O/c1-21-13-11(7-6-9(8-18)19-13)10-4-2-3-5-12(10)20-14(15,16)17/h2-7,20H,8,18H2,1H3. The largest absolute Gasteiger partial charge is 0.482 e. The number of benzene rings is 1. The molecule has 0 spiro atoms. The summed E-state index contributed by atoms with van der Waals surface area (Å²) in [6.07, 6.45) is -4.52. The van der Waals surface area contributed by atoms with Crippen LogP contribution in [0.1, 0.15) is 5.69 Å². The predicted octanol–water partition coefficient (Wildman–Crippen LogP) is 3.15. The lowest BCUT2D eigenvalue weighted by Gasteiger charge is -2.16. The first kappa shape index (κ1) is 15.1. The van der Waals surface area contributed by atoms with E-state index in [0.717, 1.165) is 0 Å². The zero-order valence-corrected chi connectivity index (χ0v) is 11.2. The molecule has 0 atom stereocenters. The Balaban J connectivity index is 2.51. The monoisotopic (exact) mass is 297 g/mol. The van der Waals surface area contributed by atoms with Crippen LogP contribution < -0.4 is 15.8 Å². The van der Waals surface area contributed by atoms with Gasteiger partial charge >= 0.3 is 6.30 Å². The van der Waals surface area contributed by atoms with E-state index >= 15 is 0 Å². The van der Waals surface area contributed by atoms with E-state index in [-0.39, 0.29) is 18.1 Å². The number of methoxy groups -OCH3 is 1. The van der Waals surface area contributed by atoms with Gasteiger partial charge in [0.15, 0.2) is 0 Å². The molecule has 3 N–H and O–H groups in total. The normalized spacial score (nSPS) is 11.3. The number of alkyl halides is 3. The van der Waals surface area contributed by atoms with Crippen molar-refractivity contribution in [1.82, 2.24) is 4.98 Å². The smallest absolute Gasteiger partial charge is 0.481 e. The zero-order chi connectivity index (χ0) is 15.5. The van der Waals surface area contributed by atoms with Crippen LogP contribution in [0.15, 0.2) is 36.4 Å². The van der Waals surface area contributed by atoms with Gasteiger partial charge in [-0.15, -0.1) is 0 Å². The Bertz CT molecular complexity index is 629. The number of hydrogen-bond acceptors (Lipinski definition) is 4. The van der Waals surface area contributed by atoms with Crippen LogP contribution in [0.5, 0.6) is 5.88 Å². The minimum absolute atomic E-state index is 0.0643. The van der Waals surface area contributed by atoms with Gasteiger partial charge in [-0.25, -0.2) is 4.98 Å². The Morgan fingerprint density at radius 1 is 1.14 bits per heavy atom. The first-order valence-electron chi connectivity index (χ1n) is 6.13. The van der Waals surface area contributed by atoms with E-state index in [2.05, 4.69) is 4.98 Å². The molecule has 1 aromatic heterocycles. The van der Waals surface area contributed by atoms with Gasteiger partial charge < -0.3 is 10.5 Å². The van der Waals surface area contributed by atoms with Gasteiger partial charge in [-0.2, -0.15) is 13.2 Å². The van der Waals surface area contributed by atoms with Gasteiger partial charge in [0, 0.05) is 23.4 Å². The summed E-state index contributed by atoms with van der Waals surface area (Å²) in [5.41, 5.74) is 6.84. The minimum atomic E-state index is -4.52. The van der Waals surface area contributed by atoms with E-state index < -0.39 is 6.30 Å². The Hall–Kier alpha value is -2.28. The Kier molecular flexibility index (Phi) is 4.32. The van der Waals surface area contributed by atoms with Crippen molar-refractivity contribution in [1.29, 1.82) is 0 Å². The van der Waals surface area contributed by atoms with E-state index in [9.17, 15) is 13.2 Å². The van der Waals surface area contributed by atoms with Crippen LogP contribution in [0.25, 0.3) is 11.1 Å².